The number of nitrogens with zero attached hydrogens (tertiary/aromatic N) is 1. The van der Waals surface area contributed by atoms with Crippen molar-refractivity contribution in [3.05, 3.63) is 0 Å². The fourth-order valence-electron chi connectivity index (χ4n) is 3.09. The lowest BCUT2D eigenvalue weighted by Crippen LogP contribution is -2.48. The normalized spacial score (nSPS) is 29.2. The van der Waals surface area contributed by atoms with Gasteiger partial charge in [-0.25, -0.2) is 0 Å². The Labute approximate surface area is 131 Å². The molecule has 5 heteroatoms. The van der Waals surface area contributed by atoms with Crippen LogP contribution < -0.4 is 0 Å². The predicted molar refractivity (Wildman–Crippen MR) is 93.1 cm³/mol. The molecule has 0 N–H and O–H groups in total. The van der Waals surface area contributed by atoms with Crippen LogP contribution >= 0.6 is 49.3 Å². The van der Waals surface area contributed by atoms with E-state index in [1.807, 2.05) is 0 Å². The average Bonchev–Trinajstić information content (AvgIpc) is 2.28. The molecule has 2 aliphatic carbocycles. The van der Waals surface area contributed by atoms with E-state index in [1.165, 1.54) is 35.4 Å². The zero-order valence-electron chi connectivity index (χ0n) is 10.4. The molecular weight excluding hydrogens is 298 g/mol. The summed E-state index contributed by atoms with van der Waals surface area (Å²) in [5, 5.41) is 0. The van der Waals surface area contributed by atoms with Gasteiger partial charge < -0.3 is 4.90 Å². The minimum Gasteiger partial charge on any atom is -0.351 e. The van der Waals surface area contributed by atoms with E-state index in [9.17, 15) is 0 Å². The van der Waals surface area contributed by atoms with Gasteiger partial charge in [0.25, 0.3) is 0 Å². The molecule has 2 rings (SSSR count). The van der Waals surface area contributed by atoms with Crippen molar-refractivity contribution >= 4 is 63.3 Å². The van der Waals surface area contributed by atoms with Crippen LogP contribution in [0.5, 0.6) is 0 Å². The van der Waals surface area contributed by atoms with Gasteiger partial charge in [-0.1, -0.05) is 36.7 Å². The lowest BCUT2D eigenvalue weighted by molar-refractivity contribution is 0.215. The Bertz CT molecular complexity index is 338. The second-order valence-corrected chi connectivity index (χ2v) is 7.54. The molecule has 2 fully saturated rings. The SMILES string of the molecule is S=C1CCCC(N(C(=S)S)C2CCCC(=S)C2)C1. The summed E-state index contributed by atoms with van der Waals surface area (Å²) in [4.78, 5) is 4.72. The maximum Gasteiger partial charge on any atom is 0.133 e. The van der Waals surface area contributed by atoms with Crippen molar-refractivity contribution in [2.45, 2.75) is 63.5 Å². The van der Waals surface area contributed by atoms with E-state index in [2.05, 4.69) is 17.5 Å². The molecular formula is C13H19NS4. The van der Waals surface area contributed by atoms with Crippen LogP contribution in [0.15, 0.2) is 0 Å². The van der Waals surface area contributed by atoms with E-state index in [1.54, 1.807) is 0 Å². The van der Waals surface area contributed by atoms with Crippen LogP contribution in [0, 0.1) is 0 Å². The lowest BCUT2D eigenvalue weighted by Gasteiger charge is -2.42. The maximum atomic E-state index is 5.39. The molecule has 0 heterocycles. The standard InChI is InChI=1S/C13H19NS4/c15-11-5-1-3-9(7-11)14(13(17)18)10-4-2-6-12(16)8-10/h9-10H,1-8H2,(H,17,18). The molecule has 0 aromatic rings. The number of thiol groups is 1. The van der Waals surface area contributed by atoms with Crippen molar-refractivity contribution in [3.63, 3.8) is 0 Å². The Morgan fingerprint density at radius 1 is 1.00 bits per heavy atom. The molecule has 2 unspecified atom stereocenters. The largest absolute Gasteiger partial charge is 0.351 e. The zero-order chi connectivity index (χ0) is 13.1. The van der Waals surface area contributed by atoms with Crippen LogP contribution in [-0.4, -0.2) is 31.0 Å². The van der Waals surface area contributed by atoms with Crippen LogP contribution in [0.1, 0.15) is 51.4 Å². The van der Waals surface area contributed by atoms with Crippen molar-refractivity contribution < 1.29 is 0 Å². The highest BCUT2D eigenvalue weighted by atomic mass is 32.1. The van der Waals surface area contributed by atoms with Crippen molar-refractivity contribution in [2.75, 3.05) is 0 Å². The van der Waals surface area contributed by atoms with Crippen LogP contribution in [0.3, 0.4) is 0 Å². The first-order valence-corrected chi connectivity index (χ1v) is 8.30. The maximum absolute atomic E-state index is 5.39. The summed E-state index contributed by atoms with van der Waals surface area (Å²) < 4.78 is 0.722. The first kappa shape index (κ1) is 14.8. The van der Waals surface area contributed by atoms with Gasteiger partial charge in [0.1, 0.15) is 4.32 Å². The predicted octanol–water partition coefficient (Wildman–Crippen LogP) is 4.13. The number of rotatable bonds is 2. The number of hydrogen-bond donors (Lipinski definition) is 1. The second kappa shape index (κ2) is 6.73. The summed E-state index contributed by atoms with van der Waals surface area (Å²) in [7, 11) is 0. The minimum atomic E-state index is 0.460. The third-order valence-corrected chi connectivity index (χ3v) is 5.10. The van der Waals surface area contributed by atoms with Gasteiger partial charge >= 0.3 is 0 Å². The molecule has 2 saturated carbocycles. The van der Waals surface area contributed by atoms with Crippen molar-refractivity contribution in [2.24, 2.45) is 0 Å². The van der Waals surface area contributed by atoms with Gasteiger partial charge in [0.05, 0.1) is 0 Å². The smallest absolute Gasteiger partial charge is 0.133 e. The fraction of sp³-hybridized carbons (Fsp3) is 0.769. The Kier molecular flexibility index (Phi) is 5.54. The first-order valence-electron chi connectivity index (χ1n) is 6.62. The van der Waals surface area contributed by atoms with Gasteiger partial charge in [0.2, 0.25) is 0 Å². The topological polar surface area (TPSA) is 3.24 Å². The summed E-state index contributed by atoms with van der Waals surface area (Å²) in [6.45, 7) is 0. The van der Waals surface area contributed by atoms with Crippen molar-refractivity contribution in [1.82, 2.24) is 4.90 Å². The summed E-state index contributed by atoms with van der Waals surface area (Å²) in [5.74, 6) is 0. The van der Waals surface area contributed by atoms with Crippen LogP contribution in [0.4, 0.5) is 0 Å². The monoisotopic (exact) mass is 317 g/mol. The van der Waals surface area contributed by atoms with E-state index in [4.69, 9.17) is 36.7 Å². The van der Waals surface area contributed by atoms with Crippen LogP contribution in [0.2, 0.25) is 0 Å². The molecule has 0 aliphatic heterocycles. The van der Waals surface area contributed by atoms with E-state index in [0.717, 1.165) is 30.0 Å². The third-order valence-electron chi connectivity index (χ3n) is 3.92. The first-order chi connectivity index (χ1) is 8.58. The summed E-state index contributed by atoms with van der Waals surface area (Å²) in [6, 6.07) is 0.921. The molecule has 0 saturated heterocycles. The molecule has 0 aromatic carbocycles. The van der Waals surface area contributed by atoms with Gasteiger partial charge in [-0.05, 0) is 61.1 Å². The van der Waals surface area contributed by atoms with Gasteiger partial charge in [-0.3, -0.25) is 0 Å². The summed E-state index contributed by atoms with van der Waals surface area (Å²) in [6.07, 6.45) is 8.94. The molecule has 0 aromatic heterocycles. The Balaban J connectivity index is 2.09. The highest BCUT2D eigenvalue weighted by Gasteiger charge is 2.31. The van der Waals surface area contributed by atoms with Crippen LogP contribution in [0.25, 0.3) is 0 Å². The zero-order valence-corrected chi connectivity index (χ0v) is 13.8. The molecule has 2 atom stereocenters. The van der Waals surface area contributed by atoms with E-state index >= 15 is 0 Å². The van der Waals surface area contributed by atoms with Gasteiger partial charge in [-0.2, -0.15) is 0 Å². The number of hydrogen-bond acceptors (Lipinski definition) is 3. The molecule has 1 nitrogen and oxygen atoms in total. The van der Waals surface area contributed by atoms with Gasteiger partial charge in [0.15, 0.2) is 0 Å². The minimum absolute atomic E-state index is 0.460. The number of thiocarbonyl (C=S) groups is 3. The summed E-state index contributed by atoms with van der Waals surface area (Å²) >= 11 is 20.6. The quantitative estimate of drug-likeness (QED) is 0.602. The molecule has 0 amide bonds. The highest BCUT2D eigenvalue weighted by Crippen LogP contribution is 2.30. The van der Waals surface area contributed by atoms with Gasteiger partial charge in [-0.15, -0.1) is 12.6 Å². The van der Waals surface area contributed by atoms with Crippen molar-refractivity contribution in [3.8, 4) is 0 Å². The Morgan fingerprint density at radius 3 is 1.78 bits per heavy atom. The average molecular weight is 318 g/mol. The molecule has 2 aliphatic rings. The van der Waals surface area contributed by atoms with E-state index in [0.29, 0.717) is 12.1 Å². The fourth-order valence-corrected chi connectivity index (χ4v) is 4.39. The molecule has 0 bridgehead atoms. The second-order valence-electron chi connectivity index (χ2n) is 5.27. The molecule has 18 heavy (non-hydrogen) atoms. The van der Waals surface area contributed by atoms with Crippen molar-refractivity contribution in [1.29, 1.82) is 0 Å². The summed E-state index contributed by atoms with van der Waals surface area (Å²) in [5.41, 5.74) is 0. The molecule has 100 valence electrons. The third kappa shape index (κ3) is 3.71. The van der Waals surface area contributed by atoms with E-state index < -0.39 is 0 Å². The highest BCUT2D eigenvalue weighted by molar-refractivity contribution is 8.10. The van der Waals surface area contributed by atoms with Gasteiger partial charge in [0, 0.05) is 12.1 Å². The lowest BCUT2D eigenvalue weighted by atomic mass is 9.89. The van der Waals surface area contributed by atoms with Crippen LogP contribution in [-0.2, 0) is 0 Å². The molecule has 0 spiro atoms. The van der Waals surface area contributed by atoms with E-state index in [-0.39, 0.29) is 0 Å². The Hall–Kier alpha value is 0.420. The Morgan fingerprint density at radius 2 is 1.44 bits per heavy atom. The molecule has 0 radical (unpaired) electrons.